The van der Waals surface area contributed by atoms with E-state index in [0.29, 0.717) is 6.54 Å². The van der Waals surface area contributed by atoms with Crippen molar-refractivity contribution in [3.8, 4) is 0 Å². The number of hydrogen-bond acceptors (Lipinski definition) is 3. The van der Waals surface area contributed by atoms with Crippen molar-refractivity contribution in [3.63, 3.8) is 0 Å². The first-order valence-corrected chi connectivity index (χ1v) is 5.77. The molecule has 0 atom stereocenters. The van der Waals surface area contributed by atoms with Gasteiger partial charge in [-0.25, -0.2) is 0 Å². The highest BCUT2D eigenvalue weighted by molar-refractivity contribution is 4.86. The van der Waals surface area contributed by atoms with Gasteiger partial charge in [0.1, 0.15) is 12.7 Å². The maximum absolute atomic E-state index is 10.4. The van der Waals surface area contributed by atoms with Crippen LogP contribution in [0.15, 0.2) is 12.7 Å². The second-order valence-electron chi connectivity index (χ2n) is 4.71. The van der Waals surface area contributed by atoms with Crippen LogP contribution < -0.4 is 0 Å². The average molecular weight is 209 g/mol. The quantitative estimate of drug-likeness (QED) is 0.822. The summed E-state index contributed by atoms with van der Waals surface area (Å²) in [6.07, 6.45) is 8.69. The van der Waals surface area contributed by atoms with Gasteiger partial charge in [-0.05, 0) is 31.6 Å². The summed E-state index contributed by atoms with van der Waals surface area (Å²) in [5.41, 5.74) is -0.534. The van der Waals surface area contributed by atoms with E-state index in [1.165, 1.54) is 6.42 Å². The molecule has 4 heteroatoms. The first-order chi connectivity index (χ1) is 7.22. The van der Waals surface area contributed by atoms with Crippen LogP contribution in [0.3, 0.4) is 0 Å². The van der Waals surface area contributed by atoms with Gasteiger partial charge in [-0.3, -0.25) is 0 Å². The Morgan fingerprint density at radius 3 is 2.47 bits per heavy atom. The molecule has 1 aliphatic carbocycles. The molecular weight excluding hydrogens is 190 g/mol. The molecule has 15 heavy (non-hydrogen) atoms. The Morgan fingerprint density at radius 1 is 1.33 bits per heavy atom. The molecule has 0 aromatic carbocycles. The van der Waals surface area contributed by atoms with Crippen molar-refractivity contribution >= 4 is 0 Å². The molecule has 0 spiro atoms. The van der Waals surface area contributed by atoms with Gasteiger partial charge in [0.25, 0.3) is 0 Å². The summed E-state index contributed by atoms with van der Waals surface area (Å²) in [5.74, 6) is 0.811. The number of aromatic nitrogens is 3. The Bertz CT molecular complexity index is 289. The highest BCUT2D eigenvalue weighted by Gasteiger charge is 2.32. The maximum atomic E-state index is 10.4. The number of aliphatic hydroxyl groups is 1. The molecule has 0 unspecified atom stereocenters. The lowest BCUT2D eigenvalue weighted by atomic mass is 9.78. The van der Waals surface area contributed by atoms with Gasteiger partial charge >= 0.3 is 0 Å². The van der Waals surface area contributed by atoms with Crippen molar-refractivity contribution in [1.82, 2.24) is 14.8 Å². The first kappa shape index (κ1) is 10.6. The molecule has 0 amide bonds. The third-order valence-corrected chi connectivity index (χ3v) is 3.56. The predicted octanol–water partition coefficient (Wildman–Crippen LogP) is 1.61. The van der Waals surface area contributed by atoms with E-state index in [-0.39, 0.29) is 0 Å². The highest BCUT2D eigenvalue weighted by atomic mass is 16.3. The molecule has 0 saturated heterocycles. The first-order valence-electron chi connectivity index (χ1n) is 5.77. The van der Waals surface area contributed by atoms with Crippen molar-refractivity contribution in [2.24, 2.45) is 5.92 Å². The van der Waals surface area contributed by atoms with Gasteiger partial charge in [-0.15, -0.1) is 10.2 Å². The Kier molecular flexibility index (Phi) is 3.05. The molecule has 0 aliphatic heterocycles. The number of hydrogen-bond donors (Lipinski definition) is 1. The Balaban J connectivity index is 1.92. The van der Waals surface area contributed by atoms with Gasteiger partial charge in [-0.2, -0.15) is 0 Å². The minimum absolute atomic E-state index is 0.534. The van der Waals surface area contributed by atoms with Crippen LogP contribution in [0.5, 0.6) is 0 Å². The monoisotopic (exact) mass is 209 g/mol. The van der Waals surface area contributed by atoms with Crippen molar-refractivity contribution in [2.45, 2.75) is 51.2 Å². The van der Waals surface area contributed by atoms with Crippen molar-refractivity contribution in [2.75, 3.05) is 0 Å². The molecule has 1 saturated carbocycles. The van der Waals surface area contributed by atoms with Crippen LogP contribution in [0.1, 0.15) is 39.0 Å². The lowest BCUT2D eigenvalue weighted by Crippen LogP contribution is -2.38. The summed E-state index contributed by atoms with van der Waals surface area (Å²) in [6.45, 7) is 2.87. The lowest BCUT2D eigenvalue weighted by Gasteiger charge is -2.35. The fourth-order valence-corrected chi connectivity index (χ4v) is 2.42. The highest BCUT2D eigenvalue weighted by Crippen LogP contribution is 2.34. The zero-order chi connectivity index (χ0) is 10.7. The minimum Gasteiger partial charge on any atom is -0.388 e. The molecule has 0 bridgehead atoms. The fourth-order valence-electron chi connectivity index (χ4n) is 2.42. The summed E-state index contributed by atoms with van der Waals surface area (Å²) in [7, 11) is 0. The Labute approximate surface area is 90.3 Å². The summed E-state index contributed by atoms with van der Waals surface area (Å²) in [5, 5.41) is 17.9. The van der Waals surface area contributed by atoms with E-state index in [1.54, 1.807) is 12.7 Å². The van der Waals surface area contributed by atoms with E-state index in [4.69, 9.17) is 0 Å². The molecule has 1 aliphatic rings. The van der Waals surface area contributed by atoms with Gasteiger partial charge < -0.3 is 9.67 Å². The summed E-state index contributed by atoms with van der Waals surface area (Å²) in [6, 6.07) is 0. The number of rotatable bonds is 3. The van der Waals surface area contributed by atoms with Crippen LogP contribution in [-0.2, 0) is 6.54 Å². The van der Waals surface area contributed by atoms with E-state index in [1.807, 2.05) is 4.57 Å². The molecule has 1 heterocycles. The zero-order valence-corrected chi connectivity index (χ0v) is 9.26. The van der Waals surface area contributed by atoms with Gasteiger partial charge in [0.2, 0.25) is 0 Å². The summed E-state index contributed by atoms with van der Waals surface area (Å²) >= 11 is 0. The third kappa shape index (κ3) is 2.56. The second kappa shape index (κ2) is 4.31. The van der Waals surface area contributed by atoms with Crippen molar-refractivity contribution in [3.05, 3.63) is 12.7 Å². The van der Waals surface area contributed by atoms with E-state index in [9.17, 15) is 5.11 Å². The molecule has 2 rings (SSSR count). The van der Waals surface area contributed by atoms with E-state index in [2.05, 4.69) is 17.1 Å². The summed E-state index contributed by atoms with van der Waals surface area (Å²) < 4.78 is 1.87. The molecule has 84 valence electrons. The van der Waals surface area contributed by atoms with Crippen LogP contribution in [0, 0.1) is 5.92 Å². The van der Waals surface area contributed by atoms with E-state index in [0.717, 1.165) is 31.6 Å². The Hall–Kier alpha value is -0.900. The van der Waals surface area contributed by atoms with Gasteiger partial charge in [0, 0.05) is 0 Å². The molecule has 1 aromatic rings. The molecule has 1 N–H and O–H groups in total. The van der Waals surface area contributed by atoms with Crippen LogP contribution >= 0.6 is 0 Å². The van der Waals surface area contributed by atoms with Crippen molar-refractivity contribution < 1.29 is 5.11 Å². The fraction of sp³-hybridized carbons (Fsp3) is 0.818. The maximum Gasteiger partial charge on any atom is 0.119 e. The molecular formula is C11H19N3O. The smallest absolute Gasteiger partial charge is 0.119 e. The lowest BCUT2D eigenvalue weighted by molar-refractivity contribution is -0.0241. The van der Waals surface area contributed by atoms with Gasteiger partial charge in [-0.1, -0.05) is 13.3 Å². The summed E-state index contributed by atoms with van der Waals surface area (Å²) in [4.78, 5) is 0. The second-order valence-corrected chi connectivity index (χ2v) is 4.71. The molecule has 4 nitrogen and oxygen atoms in total. The molecule has 1 aromatic heterocycles. The van der Waals surface area contributed by atoms with Crippen molar-refractivity contribution in [1.29, 1.82) is 0 Å². The van der Waals surface area contributed by atoms with E-state index >= 15 is 0 Å². The predicted molar refractivity (Wildman–Crippen MR) is 57.2 cm³/mol. The van der Waals surface area contributed by atoms with E-state index < -0.39 is 5.60 Å². The van der Waals surface area contributed by atoms with Crippen LogP contribution in [0.25, 0.3) is 0 Å². The molecule has 1 fully saturated rings. The van der Waals surface area contributed by atoms with Crippen LogP contribution in [-0.4, -0.2) is 25.5 Å². The largest absolute Gasteiger partial charge is 0.388 e. The molecule has 0 radical (unpaired) electrons. The van der Waals surface area contributed by atoms with Crippen LogP contribution in [0.2, 0.25) is 0 Å². The normalized spacial score (nSPS) is 31.7. The standard InChI is InChI=1S/C11H19N3O/c1-2-10-3-5-11(15,6-4-10)7-14-8-12-13-9-14/h8-10,15H,2-7H2,1H3. The van der Waals surface area contributed by atoms with Gasteiger partial charge in [0.05, 0.1) is 12.1 Å². The van der Waals surface area contributed by atoms with Crippen LogP contribution in [0.4, 0.5) is 0 Å². The van der Waals surface area contributed by atoms with Gasteiger partial charge in [0.15, 0.2) is 0 Å². The zero-order valence-electron chi connectivity index (χ0n) is 9.26. The third-order valence-electron chi connectivity index (χ3n) is 3.56. The average Bonchev–Trinajstić information content (AvgIpc) is 2.71. The topological polar surface area (TPSA) is 50.9 Å². The minimum atomic E-state index is -0.534. The SMILES string of the molecule is CCC1CCC(O)(Cn2cnnc2)CC1. The Morgan fingerprint density at radius 2 is 1.93 bits per heavy atom. The number of nitrogens with zero attached hydrogens (tertiary/aromatic N) is 3.